The van der Waals surface area contributed by atoms with Crippen molar-refractivity contribution < 1.29 is 28.7 Å². The molecule has 4 rings (SSSR count). The second-order valence-corrected chi connectivity index (χ2v) is 12.8. The smallest absolute Gasteiger partial charge is 0.364 e. The minimum Gasteiger partial charge on any atom is -0.481 e. The zero-order valence-corrected chi connectivity index (χ0v) is 18.0. The first-order valence-electron chi connectivity index (χ1n) is 10.5. The fourth-order valence-corrected chi connectivity index (χ4v) is 9.09. The minimum absolute atomic E-state index is 0.0933. The van der Waals surface area contributed by atoms with Crippen molar-refractivity contribution >= 4 is 20.3 Å². The van der Waals surface area contributed by atoms with Crippen LogP contribution in [0.15, 0.2) is 11.6 Å². The van der Waals surface area contributed by atoms with Gasteiger partial charge in [-0.3, -0.25) is 9.59 Å². The Morgan fingerprint density at radius 2 is 1.82 bits per heavy atom. The van der Waals surface area contributed by atoms with Gasteiger partial charge >= 0.3 is 14.5 Å². The molecule has 3 fully saturated rings. The van der Waals surface area contributed by atoms with Crippen molar-refractivity contribution in [2.45, 2.75) is 38.7 Å². The van der Waals surface area contributed by atoms with Crippen molar-refractivity contribution in [2.75, 3.05) is 20.4 Å². The molecule has 156 valence electrons. The molecule has 28 heavy (non-hydrogen) atoms. The zero-order chi connectivity index (χ0) is 20.2. The maximum absolute atomic E-state index is 13.2. The summed E-state index contributed by atoms with van der Waals surface area (Å²) in [5, 5.41) is 19.5. The first kappa shape index (κ1) is 20.3. The summed E-state index contributed by atoms with van der Waals surface area (Å²) in [5.74, 6) is 0.901. The molecule has 0 spiro atoms. The highest BCUT2D eigenvalue weighted by molar-refractivity contribution is 6.67. The van der Waals surface area contributed by atoms with Crippen LogP contribution < -0.4 is 0 Å². The van der Waals surface area contributed by atoms with Crippen LogP contribution in [0.1, 0.15) is 32.6 Å². The molecule has 4 aliphatic carbocycles. The van der Waals surface area contributed by atoms with Crippen LogP contribution in [-0.2, 0) is 18.4 Å². The standard InChI is InChI=1S/C21H32O6Si/c1-11-7-12-8-13(11)18-15-9-14(17(12)18)20(21(24)25)19(15)16(23)5-4-6-28(10-22,26-2)27-3/h7,12-15,17-20,22H,4-6,8-10H2,1-3H3,(H,24,25). The van der Waals surface area contributed by atoms with E-state index in [1.807, 2.05) is 0 Å². The Balaban J connectivity index is 1.47. The second-order valence-electron chi connectivity index (χ2n) is 9.32. The molecule has 4 bridgehead atoms. The zero-order valence-electron chi connectivity index (χ0n) is 17.0. The van der Waals surface area contributed by atoms with E-state index in [4.69, 9.17) is 8.85 Å². The Morgan fingerprint density at radius 3 is 2.43 bits per heavy atom. The van der Waals surface area contributed by atoms with Crippen molar-refractivity contribution in [1.29, 1.82) is 0 Å². The fourth-order valence-electron chi connectivity index (χ4n) is 7.38. The molecule has 0 radical (unpaired) electrons. The summed E-state index contributed by atoms with van der Waals surface area (Å²) in [7, 11) is 0.433. The van der Waals surface area contributed by atoms with Crippen LogP contribution in [0.4, 0.5) is 0 Å². The number of hydrogen-bond donors (Lipinski definition) is 2. The lowest BCUT2D eigenvalue weighted by Crippen LogP contribution is -2.45. The number of carboxylic acids is 1. The van der Waals surface area contributed by atoms with Crippen LogP contribution in [0.25, 0.3) is 0 Å². The molecule has 8 unspecified atom stereocenters. The maximum atomic E-state index is 13.2. The van der Waals surface area contributed by atoms with Crippen LogP contribution in [-0.4, -0.2) is 51.0 Å². The molecule has 0 aromatic rings. The summed E-state index contributed by atoms with van der Waals surface area (Å²) in [4.78, 5) is 25.3. The highest BCUT2D eigenvalue weighted by Crippen LogP contribution is 2.70. The SMILES string of the molecule is CO[Si](CO)(CCCC(=O)C1C2CC(C1C(=O)O)C1C3C=C(C)C(C3)C21)OC. The van der Waals surface area contributed by atoms with Gasteiger partial charge in [0.1, 0.15) is 5.78 Å². The van der Waals surface area contributed by atoms with Gasteiger partial charge in [0.05, 0.1) is 12.1 Å². The van der Waals surface area contributed by atoms with Crippen LogP contribution in [0, 0.1) is 47.3 Å². The Hall–Kier alpha value is -1.02. The predicted octanol–water partition coefficient (Wildman–Crippen LogP) is 2.40. The molecule has 0 aromatic heterocycles. The van der Waals surface area contributed by atoms with Crippen molar-refractivity contribution in [1.82, 2.24) is 0 Å². The van der Waals surface area contributed by atoms with Gasteiger partial charge in [0, 0.05) is 26.6 Å². The third-order valence-electron chi connectivity index (χ3n) is 8.46. The first-order chi connectivity index (χ1) is 13.4. The number of aliphatic hydroxyl groups is 1. The number of carbonyl (C=O) groups is 2. The molecular formula is C21H32O6Si. The summed E-state index contributed by atoms with van der Waals surface area (Å²) >= 11 is 0. The number of carbonyl (C=O) groups excluding carboxylic acids is 1. The Labute approximate surface area is 167 Å². The minimum atomic E-state index is -2.64. The van der Waals surface area contributed by atoms with E-state index in [1.54, 1.807) is 0 Å². The summed E-state index contributed by atoms with van der Waals surface area (Å²) in [6.07, 6.45) is 5.22. The van der Waals surface area contributed by atoms with Gasteiger partial charge in [-0.2, -0.15) is 0 Å². The number of aliphatic carboxylic acids is 1. The summed E-state index contributed by atoms with van der Waals surface area (Å²) in [6.45, 7) is 2.20. The van der Waals surface area contributed by atoms with E-state index in [0.29, 0.717) is 42.6 Å². The van der Waals surface area contributed by atoms with E-state index in [1.165, 1.54) is 19.8 Å². The van der Waals surface area contributed by atoms with E-state index < -0.39 is 20.4 Å². The highest BCUT2D eigenvalue weighted by atomic mass is 28.4. The van der Waals surface area contributed by atoms with Gasteiger partial charge in [-0.1, -0.05) is 11.6 Å². The van der Waals surface area contributed by atoms with Crippen molar-refractivity contribution in [3.05, 3.63) is 11.6 Å². The number of hydrogen-bond acceptors (Lipinski definition) is 5. The lowest BCUT2D eigenvalue weighted by molar-refractivity contribution is -0.151. The largest absolute Gasteiger partial charge is 0.481 e. The maximum Gasteiger partial charge on any atom is 0.364 e. The molecule has 6 nitrogen and oxygen atoms in total. The van der Waals surface area contributed by atoms with Crippen molar-refractivity contribution in [3.63, 3.8) is 0 Å². The van der Waals surface area contributed by atoms with Crippen molar-refractivity contribution in [2.24, 2.45) is 47.3 Å². The summed E-state index contributed by atoms with van der Waals surface area (Å²) in [6, 6.07) is 0.541. The van der Waals surface area contributed by atoms with Crippen LogP contribution >= 0.6 is 0 Å². The Bertz CT molecular complexity index is 678. The van der Waals surface area contributed by atoms with Gasteiger partial charge in [0.15, 0.2) is 0 Å². The van der Waals surface area contributed by atoms with E-state index in [2.05, 4.69) is 13.0 Å². The predicted molar refractivity (Wildman–Crippen MR) is 104 cm³/mol. The third-order valence-corrected chi connectivity index (χ3v) is 11.5. The quantitative estimate of drug-likeness (QED) is 0.346. The molecule has 8 atom stereocenters. The van der Waals surface area contributed by atoms with E-state index in [0.717, 1.165) is 12.8 Å². The Morgan fingerprint density at radius 1 is 1.14 bits per heavy atom. The summed E-state index contributed by atoms with van der Waals surface area (Å²) < 4.78 is 10.8. The van der Waals surface area contributed by atoms with Gasteiger partial charge < -0.3 is 19.1 Å². The number of fused-ring (bicyclic) bond motifs is 9. The highest BCUT2D eigenvalue weighted by Gasteiger charge is 2.68. The van der Waals surface area contributed by atoms with Crippen molar-refractivity contribution in [3.8, 4) is 0 Å². The third kappa shape index (κ3) is 2.85. The molecule has 7 heteroatoms. The number of rotatable bonds is 9. The number of aliphatic hydroxyl groups excluding tert-OH is 1. The molecule has 4 aliphatic rings. The van der Waals surface area contributed by atoms with Gasteiger partial charge in [0.25, 0.3) is 0 Å². The van der Waals surface area contributed by atoms with Gasteiger partial charge in [-0.25, -0.2) is 0 Å². The number of carboxylic acid groups (broad SMARTS) is 1. The number of Topliss-reactive ketones (excluding diaryl/α,β-unsaturated/α-hetero) is 1. The van der Waals surface area contributed by atoms with Gasteiger partial charge in [0.2, 0.25) is 0 Å². The van der Waals surface area contributed by atoms with Gasteiger partial charge in [-0.05, 0) is 67.7 Å². The molecule has 3 saturated carbocycles. The number of allylic oxidation sites excluding steroid dienone is 2. The van der Waals surface area contributed by atoms with E-state index >= 15 is 0 Å². The second kappa shape index (κ2) is 7.34. The lowest BCUT2D eigenvalue weighted by atomic mass is 9.62. The lowest BCUT2D eigenvalue weighted by Gasteiger charge is -2.40. The molecule has 0 heterocycles. The first-order valence-corrected chi connectivity index (χ1v) is 12.8. The topological polar surface area (TPSA) is 93.1 Å². The molecule has 0 saturated heterocycles. The normalized spacial score (nSPS) is 40.6. The van der Waals surface area contributed by atoms with Crippen LogP contribution in [0.3, 0.4) is 0 Å². The number of ketones is 1. The molecule has 2 N–H and O–H groups in total. The van der Waals surface area contributed by atoms with E-state index in [9.17, 15) is 19.8 Å². The van der Waals surface area contributed by atoms with Crippen LogP contribution in [0.2, 0.25) is 6.04 Å². The monoisotopic (exact) mass is 408 g/mol. The van der Waals surface area contributed by atoms with Crippen LogP contribution in [0.5, 0.6) is 0 Å². The van der Waals surface area contributed by atoms with Gasteiger partial charge in [-0.15, -0.1) is 0 Å². The summed E-state index contributed by atoms with van der Waals surface area (Å²) in [5.41, 5.74) is 1.45. The molecule has 0 aromatic carbocycles. The molecule has 0 aliphatic heterocycles. The molecule has 0 amide bonds. The Kier molecular flexibility index (Phi) is 5.31. The molecular weight excluding hydrogens is 376 g/mol. The average Bonchev–Trinajstić information content (AvgIpc) is 3.42. The average molecular weight is 409 g/mol. The van der Waals surface area contributed by atoms with E-state index in [-0.39, 0.29) is 29.8 Å². The fraction of sp³-hybridized carbons (Fsp3) is 0.810.